The molecule has 0 fully saturated rings. The maximum absolute atomic E-state index is 10.7. The molecule has 0 radical (unpaired) electrons. The molecule has 0 N–H and O–H groups in total. The summed E-state index contributed by atoms with van der Waals surface area (Å²) in [6, 6.07) is 7.82. The average molecular weight is 204 g/mol. The van der Waals surface area contributed by atoms with Crippen LogP contribution in [-0.4, -0.2) is 12.9 Å². The Morgan fingerprint density at radius 1 is 1.33 bits per heavy atom. The Labute approximate surface area is 90.6 Å². The normalized spacial score (nSPS) is 10.5. The van der Waals surface area contributed by atoms with Crippen LogP contribution in [0.1, 0.15) is 25.3 Å². The van der Waals surface area contributed by atoms with Crippen LogP contribution in [0.4, 0.5) is 0 Å². The second-order valence-corrected chi connectivity index (χ2v) is 3.42. The van der Waals surface area contributed by atoms with Gasteiger partial charge in [-0.25, -0.2) is 0 Å². The molecule has 0 heterocycles. The van der Waals surface area contributed by atoms with Crippen molar-refractivity contribution in [1.82, 2.24) is 0 Å². The fourth-order valence-corrected chi connectivity index (χ4v) is 1.22. The topological polar surface area (TPSA) is 26.3 Å². The summed E-state index contributed by atoms with van der Waals surface area (Å²) in [5.74, 6) is 1.09. The van der Waals surface area contributed by atoms with Gasteiger partial charge in [-0.2, -0.15) is 0 Å². The molecule has 0 amide bonds. The number of ketones is 1. The Morgan fingerprint density at radius 2 is 2.00 bits per heavy atom. The molecule has 15 heavy (non-hydrogen) atoms. The number of hydrogen-bond acceptors (Lipinski definition) is 2. The summed E-state index contributed by atoms with van der Waals surface area (Å²) >= 11 is 0. The van der Waals surface area contributed by atoms with E-state index in [0.29, 0.717) is 6.42 Å². The van der Waals surface area contributed by atoms with Crippen LogP contribution in [0.2, 0.25) is 0 Å². The van der Waals surface area contributed by atoms with E-state index in [1.807, 2.05) is 36.4 Å². The first-order valence-corrected chi connectivity index (χ1v) is 5.02. The van der Waals surface area contributed by atoms with Gasteiger partial charge in [-0.15, -0.1) is 0 Å². The third kappa shape index (κ3) is 4.45. The van der Waals surface area contributed by atoms with E-state index in [1.165, 1.54) is 0 Å². The Hall–Kier alpha value is -1.57. The lowest BCUT2D eigenvalue weighted by Gasteiger charge is -1.98. The number of rotatable bonds is 5. The molecule has 2 heteroatoms. The van der Waals surface area contributed by atoms with Gasteiger partial charge in [0.25, 0.3) is 0 Å². The van der Waals surface area contributed by atoms with Crippen LogP contribution >= 0.6 is 0 Å². The van der Waals surface area contributed by atoms with Crippen LogP contribution in [0.25, 0.3) is 6.08 Å². The monoisotopic (exact) mass is 204 g/mol. The van der Waals surface area contributed by atoms with Crippen molar-refractivity contribution in [2.75, 3.05) is 7.11 Å². The van der Waals surface area contributed by atoms with Gasteiger partial charge in [-0.1, -0.05) is 24.3 Å². The molecule has 0 aromatic heterocycles. The maximum Gasteiger partial charge on any atom is 0.130 e. The lowest BCUT2D eigenvalue weighted by atomic mass is 10.1. The molecule has 2 nitrogen and oxygen atoms in total. The molecule has 0 aliphatic rings. The molecule has 1 aromatic carbocycles. The summed E-state index contributed by atoms with van der Waals surface area (Å²) in [6.07, 6.45) is 5.46. The number of carbonyl (C=O) groups is 1. The van der Waals surface area contributed by atoms with E-state index in [0.717, 1.165) is 17.7 Å². The molecule has 0 saturated carbocycles. The van der Waals surface area contributed by atoms with Gasteiger partial charge < -0.3 is 9.53 Å². The van der Waals surface area contributed by atoms with Gasteiger partial charge >= 0.3 is 0 Å². The number of hydrogen-bond donors (Lipinski definition) is 0. The largest absolute Gasteiger partial charge is 0.497 e. The Bertz CT molecular complexity index is 336. The molecule has 1 rings (SSSR count). The fraction of sp³-hybridized carbons (Fsp3) is 0.308. The van der Waals surface area contributed by atoms with Crippen molar-refractivity contribution < 1.29 is 9.53 Å². The first kappa shape index (κ1) is 11.5. The van der Waals surface area contributed by atoms with Crippen molar-refractivity contribution in [1.29, 1.82) is 0 Å². The fourth-order valence-electron chi connectivity index (χ4n) is 1.22. The highest BCUT2D eigenvalue weighted by molar-refractivity contribution is 5.75. The van der Waals surface area contributed by atoms with Crippen LogP contribution in [-0.2, 0) is 4.79 Å². The highest BCUT2D eigenvalue weighted by atomic mass is 16.5. The summed E-state index contributed by atoms with van der Waals surface area (Å²) in [6.45, 7) is 1.61. The van der Waals surface area contributed by atoms with Gasteiger partial charge in [0, 0.05) is 6.42 Å². The molecule has 1 aromatic rings. The van der Waals surface area contributed by atoms with Crippen LogP contribution in [0.3, 0.4) is 0 Å². The Kier molecular flexibility index (Phi) is 4.61. The number of carbonyl (C=O) groups excluding carboxylic acids is 1. The Morgan fingerprint density at radius 3 is 2.53 bits per heavy atom. The molecular formula is C13H16O2. The quantitative estimate of drug-likeness (QED) is 0.736. The van der Waals surface area contributed by atoms with Crippen LogP contribution in [0.5, 0.6) is 5.75 Å². The van der Waals surface area contributed by atoms with Gasteiger partial charge in [0.15, 0.2) is 0 Å². The zero-order valence-corrected chi connectivity index (χ0v) is 9.19. The van der Waals surface area contributed by atoms with Crippen molar-refractivity contribution >= 4 is 11.9 Å². The minimum atomic E-state index is 0.231. The molecule has 0 aliphatic carbocycles. The smallest absolute Gasteiger partial charge is 0.130 e. The molecule has 0 aliphatic heterocycles. The van der Waals surface area contributed by atoms with Crippen LogP contribution in [0.15, 0.2) is 30.3 Å². The van der Waals surface area contributed by atoms with Gasteiger partial charge in [0.1, 0.15) is 11.5 Å². The number of ether oxygens (including phenoxy) is 1. The minimum absolute atomic E-state index is 0.231. The standard InChI is InChI=1S/C13H16O2/c1-11(14)5-3-4-6-12-7-9-13(15-2)10-8-12/h4,6-10H,3,5H2,1-2H3/b6-4+. The Balaban J connectivity index is 2.46. The van der Waals surface area contributed by atoms with Gasteiger partial charge in [-0.3, -0.25) is 0 Å². The van der Waals surface area contributed by atoms with Gasteiger partial charge in [0.05, 0.1) is 7.11 Å². The number of benzene rings is 1. The second kappa shape index (κ2) is 6.02. The van der Waals surface area contributed by atoms with E-state index in [-0.39, 0.29) is 5.78 Å². The molecular weight excluding hydrogens is 188 g/mol. The van der Waals surface area contributed by atoms with E-state index in [2.05, 4.69) is 0 Å². The highest BCUT2D eigenvalue weighted by Crippen LogP contribution is 2.12. The third-order valence-electron chi connectivity index (χ3n) is 2.09. The SMILES string of the molecule is COc1ccc(/C=C/CCC(C)=O)cc1. The first-order valence-electron chi connectivity index (χ1n) is 5.02. The minimum Gasteiger partial charge on any atom is -0.497 e. The summed E-state index contributed by atoms with van der Waals surface area (Å²) < 4.78 is 5.06. The third-order valence-corrected chi connectivity index (χ3v) is 2.09. The predicted octanol–water partition coefficient (Wildman–Crippen LogP) is 3.08. The second-order valence-electron chi connectivity index (χ2n) is 3.42. The van der Waals surface area contributed by atoms with E-state index in [4.69, 9.17) is 4.74 Å². The lowest BCUT2D eigenvalue weighted by molar-refractivity contribution is -0.116. The van der Waals surface area contributed by atoms with Crippen molar-refractivity contribution in [2.24, 2.45) is 0 Å². The van der Waals surface area contributed by atoms with E-state index in [9.17, 15) is 4.79 Å². The van der Waals surface area contributed by atoms with E-state index < -0.39 is 0 Å². The zero-order chi connectivity index (χ0) is 11.1. The number of methoxy groups -OCH3 is 1. The summed E-state index contributed by atoms with van der Waals surface area (Å²) in [7, 11) is 1.65. The van der Waals surface area contributed by atoms with Crippen LogP contribution in [0, 0.1) is 0 Å². The zero-order valence-electron chi connectivity index (χ0n) is 9.19. The summed E-state index contributed by atoms with van der Waals surface area (Å²) in [4.78, 5) is 10.7. The summed E-state index contributed by atoms with van der Waals surface area (Å²) in [5, 5.41) is 0. The average Bonchev–Trinajstić information content (AvgIpc) is 2.25. The van der Waals surface area contributed by atoms with E-state index in [1.54, 1.807) is 14.0 Å². The number of Topliss-reactive ketones (excluding diaryl/α,β-unsaturated/α-hetero) is 1. The summed E-state index contributed by atoms with van der Waals surface area (Å²) in [5.41, 5.74) is 1.12. The molecule has 0 saturated heterocycles. The maximum atomic E-state index is 10.7. The van der Waals surface area contributed by atoms with Crippen molar-refractivity contribution in [3.8, 4) is 5.75 Å². The van der Waals surface area contributed by atoms with Gasteiger partial charge in [0.2, 0.25) is 0 Å². The molecule has 0 unspecified atom stereocenters. The molecule has 0 atom stereocenters. The van der Waals surface area contributed by atoms with Crippen molar-refractivity contribution in [3.05, 3.63) is 35.9 Å². The molecule has 0 spiro atoms. The highest BCUT2D eigenvalue weighted by Gasteiger charge is 1.91. The van der Waals surface area contributed by atoms with Gasteiger partial charge in [-0.05, 0) is 31.0 Å². The molecule has 80 valence electrons. The van der Waals surface area contributed by atoms with Crippen molar-refractivity contribution in [3.63, 3.8) is 0 Å². The van der Waals surface area contributed by atoms with Crippen LogP contribution < -0.4 is 4.74 Å². The first-order chi connectivity index (χ1) is 7.22. The lowest BCUT2D eigenvalue weighted by Crippen LogP contribution is -1.86. The number of allylic oxidation sites excluding steroid dienone is 1. The predicted molar refractivity (Wildman–Crippen MR) is 61.9 cm³/mol. The van der Waals surface area contributed by atoms with E-state index >= 15 is 0 Å². The molecule has 0 bridgehead atoms. The van der Waals surface area contributed by atoms with Crippen molar-refractivity contribution in [2.45, 2.75) is 19.8 Å².